The molecule has 1 amide bonds. The molecule has 0 atom stereocenters. The van der Waals surface area contributed by atoms with Gasteiger partial charge in [-0.1, -0.05) is 57.3 Å². The van der Waals surface area contributed by atoms with Crippen LogP contribution in [0.15, 0.2) is 12.2 Å². The van der Waals surface area contributed by atoms with Gasteiger partial charge in [0.15, 0.2) is 0 Å². The topological polar surface area (TPSA) is 46.6 Å². The Morgan fingerprint density at radius 2 is 1.62 bits per heavy atom. The molecule has 0 saturated heterocycles. The molecule has 1 aliphatic rings. The van der Waals surface area contributed by atoms with Crippen LogP contribution in [0.2, 0.25) is 0 Å². The molecule has 1 rings (SSSR count). The minimum atomic E-state index is -0.346. The summed E-state index contributed by atoms with van der Waals surface area (Å²) in [6.07, 6.45) is 5.68. The Bertz CT molecular complexity index is 447. The van der Waals surface area contributed by atoms with Gasteiger partial charge in [-0.25, -0.2) is 0 Å². The van der Waals surface area contributed by atoms with Gasteiger partial charge in [0.05, 0.1) is 11.0 Å². The third kappa shape index (κ3) is 13.2. The molecule has 0 aliphatic carbocycles. The molecule has 5 heteroatoms. The quantitative estimate of drug-likeness (QED) is 0.429. The summed E-state index contributed by atoms with van der Waals surface area (Å²) in [7, 11) is 3.41. The zero-order valence-corrected chi connectivity index (χ0v) is 19.3. The molecule has 0 unspecified atom stereocenters. The number of hydrogen-bond donors (Lipinski definition) is 0. The smallest absolute Gasteiger partial charge is 0.251 e. The number of rotatable bonds is 8. The van der Waals surface area contributed by atoms with Gasteiger partial charge in [0.2, 0.25) is 0 Å². The van der Waals surface area contributed by atoms with Crippen LogP contribution in [-0.2, 0) is 14.3 Å². The molecule has 0 fully saturated rings. The van der Waals surface area contributed by atoms with Crippen molar-refractivity contribution in [2.45, 2.75) is 80.8 Å². The van der Waals surface area contributed by atoms with Crippen molar-refractivity contribution in [1.29, 1.82) is 0 Å². The van der Waals surface area contributed by atoms with Crippen molar-refractivity contribution in [1.82, 2.24) is 4.90 Å². The van der Waals surface area contributed by atoms with Crippen LogP contribution in [0, 0.1) is 11.3 Å². The maximum Gasteiger partial charge on any atom is 0.251 e. The molecule has 0 aromatic carbocycles. The average Bonchev–Trinajstić information content (AvgIpc) is 2.85. The summed E-state index contributed by atoms with van der Waals surface area (Å²) < 4.78 is 5.86. The van der Waals surface area contributed by atoms with E-state index in [2.05, 4.69) is 29.6 Å². The first kappa shape index (κ1) is 27.2. The molecule has 152 valence electrons. The Balaban J connectivity index is 0. The highest BCUT2D eigenvalue weighted by atomic mass is 31.0. The van der Waals surface area contributed by atoms with E-state index in [9.17, 15) is 9.59 Å². The van der Waals surface area contributed by atoms with Crippen LogP contribution < -0.4 is 0 Å². The third-order valence-electron chi connectivity index (χ3n) is 3.44. The molecule has 4 nitrogen and oxygen atoms in total. The van der Waals surface area contributed by atoms with Crippen molar-refractivity contribution < 1.29 is 14.3 Å². The molecule has 0 aromatic rings. The van der Waals surface area contributed by atoms with Crippen molar-refractivity contribution in [2.75, 3.05) is 13.2 Å². The molecule has 0 radical (unpaired) electrons. The standard InChI is InChI=1S/C15H24NO3P.C4H10.C2H6/c1-14(2,11-17)8-10-19-15(3,4)7-9-16-12(18)5-6-13(16)20;1-4(2)3;1-2/h5-6,11,20H,7-10H2,1-4H3;4H,1-3H3;1-2H3. The van der Waals surface area contributed by atoms with E-state index in [0.717, 1.165) is 24.0 Å². The van der Waals surface area contributed by atoms with Gasteiger partial charge in [-0.15, -0.1) is 0 Å². The monoisotopic (exact) mass is 385 g/mol. The summed E-state index contributed by atoms with van der Waals surface area (Å²) in [5.41, 5.74) is 0.114. The number of aldehydes is 1. The van der Waals surface area contributed by atoms with Gasteiger partial charge < -0.3 is 14.4 Å². The SMILES string of the molecule is CC.CC(C)(C=O)CCOC(C)(C)CCN1C(=O)C=CC1=P.CC(C)C. The van der Waals surface area contributed by atoms with Gasteiger partial charge in [0, 0.05) is 24.6 Å². The number of carbonyl (C=O) groups is 2. The molecule has 26 heavy (non-hydrogen) atoms. The molecule has 1 heterocycles. The van der Waals surface area contributed by atoms with Crippen molar-refractivity contribution in [3.63, 3.8) is 0 Å². The van der Waals surface area contributed by atoms with Crippen LogP contribution in [0.4, 0.5) is 0 Å². The van der Waals surface area contributed by atoms with Crippen LogP contribution >= 0.6 is 8.86 Å². The highest BCUT2D eigenvalue weighted by Gasteiger charge is 2.25. The lowest BCUT2D eigenvalue weighted by Gasteiger charge is -2.29. The Hall–Kier alpha value is -0.990. The van der Waals surface area contributed by atoms with E-state index in [-0.39, 0.29) is 16.9 Å². The first-order valence-corrected chi connectivity index (χ1v) is 10.1. The minimum Gasteiger partial charge on any atom is -0.375 e. The summed E-state index contributed by atoms with van der Waals surface area (Å²) in [4.78, 5) is 24.1. The van der Waals surface area contributed by atoms with Crippen molar-refractivity contribution in [3.05, 3.63) is 12.2 Å². The van der Waals surface area contributed by atoms with E-state index < -0.39 is 0 Å². The molecule has 0 aromatic heterocycles. The van der Waals surface area contributed by atoms with Crippen molar-refractivity contribution >= 4 is 26.5 Å². The maximum atomic E-state index is 11.6. The largest absolute Gasteiger partial charge is 0.375 e. The number of ether oxygens (including phenoxy) is 1. The lowest BCUT2D eigenvalue weighted by Crippen LogP contribution is -2.36. The molecular weight excluding hydrogens is 345 g/mol. The fraction of sp³-hybridized carbons (Fsp3) is 0.762. The molecule has 0 saturated carbocycles. The second-order valence-electron chi connectivity index (χ2n) is 8.16. The van der Waals surface area contributed by atoms with Crippen LogP contribution in [0.1, 0.15) is 75.2 Å². The summed E-state index contributed by atoms with van der Waals surface area (Å²) in [6, 6.07) is 0. The van der Waals surface area contributed by atoms with Gasteiger partial charge in [-0.2, -0.15) is 0 Å². The van der Waals surface area contributed by atoms with Crippen molar-refractivity contribution in [3.8, 4) is 0 Å². The Morgan fingerprint density at radius 3 is 2.00 bits per heavy atom. The molecule has 0 spiro atoms. The lowest BCUT2D eigenvalue weighted by atomic mass is 9.92. The number of carbonyl (C=O) groups excluding carboxylic acids is 2. The second-order valence-corrected chi connectivity index (χ2v) is 8.67. The van der Waals surface area contributed by atoms with Gasteiger partial charge in [0.1, 0.15) is 6.29 Å². The Labute approximate surface area is 163 Å². The van der Waals surface area contributed by atoms with E-state index in [1.165, 1.54) is 0 Å². The molecular formula is C21H40NO3P. The average molecular weight is 386 g/mol. The highest BCUT2D eigenvalue weighted by Crippen LogP contribution is 2.21. The first-order valence-electron chi connectivity index (χ1n) is 9.58. The summed E-state index contributed by atoms with van der Waals surface area (Å²) in [6.45, 7) is 19.4. The predicted molar refractivity (Wildman–Crippen MR) is 115 cm³/mol. The zero-order chi connectivity index (χ0) is 21.0. The van der Waals surface area contributed by atoms with Gasteiger partial charge in [0.25, 0.3) is 5.91 Å². The van der Waals surface area contributed by atoms with E-state index in [0.29, 0.717) is 19.6 Å². The molecule has 1 aliphatic heterocycles. The predicted octanol–water partition coefficient (Wildman–Crippen LogP) is 5.15. The van der Waals surface area contributed by atoms with Crippen LogP contribution in [-0.4, -0.2) is 41.3 Å². The van der Waals surface area contributed by atoms with Gasteiger partial charge in [-0.05, 0) is 38.7 Å². The minimum absolute atomic E-state index is 0.00658. The number of nitrogens with zero attached hydrogens (tertiary/aromatic N) is 1. The van der Waals surface area contributed by atoms with Gasteiger partial charge in [-0.3, -0.25) is 4.79 Å². The summed E-state index contributed by atoms with van der Waals surface area (Å²) in [5.74, 6) is 0.827. The van der Waals surface area contributed by atoms with Gasteiger partial charge >= 0.3 is 0 Å². The number of hydrogen-bond acceptors (Lipinski definition) is 3. The fourth-order valence-corrected chi connectivity index (χ4v) is 2.09. The third-order valence-corrected chi connectivity index (χ3v) is 3.87. The number of amides is 1. The lowest BCUT2D eigenvalue weighted by molar-refractivity contribution is -0.123. The zero-order valence-electron chi connectivity index (χ0n) is 18.3. The molecule has 0 N–H and O–H groups in total. The summed E-state index contributed by atoms with van der Waals surface area (Å²) in [5, 5.41) is 0. The Kier molecular flexibility index (Phi) is 13.8. The van der Waals surface area contributed by atoms with E-state index >= 15 is 0 Å². The van der Waals surface area contributed by atoms with Crippen LogP contribution in [0.3, 0.4) is 0 Å². The van der Waals surface area contributed by atoms with Crippen LogP contribution in [0.25, 0.3) is 0 Å². The highest BCUT2D eigenvalue weighted by molar-refractivity contribution is 7.22. The van der Waals surface area contributed by atoms with E-state index in [4.69, 9.17) is 4.74 Å². The van der Waals surface area contributed by atoms with Crippen molar-refractivity contribution in [2.24, 2.45) is 11.3 Å². The first-order chi connectivity index (χ1) is 11.9. The second kappa shape index (κ2) is 13.2. The van der Waals surface area contributed by atoms with Crippen LogP contribution in [0.5, 0.6) is 0 Å². The maximum absolute atomic E-state index is 11.6. The van der Waals surface area contributed by atoms with E-state index in [1.54, 1.807) is 17.1 Å². The normalized spacial score (nSPS) is 14.0. The fourth-order valence-electron chi connectivity index (χ4n) is 1.78. The van der Waals surface area contributed by atoms with E-state index in [1.807, 2.05) is 41.5 Å². The molecule has 0 bridgehead atoms. The summed E-state index contributed by atoms with van der Waals surface area (Å²) >= 11 is 0. The Morgan fingerprint density at radius 1 is 1.12 bits per heavy atom.